The molecule has 0 radical (unpaired) electrons. The van der Waals surface area contributed by atoms with Crippen molar-refractivity contribution in [3.05, 3.63) is 72.2 Å². The summed E-state index contributed by atoms with van der Waals surface area (Å²) in [4.78, 5) is 27.2. The summed E-state index contributed by atoms with van der Waals surface area (Å²) < 4.78 is 2.18. The lowest BCUT2D eigenvalue weighted by atomic mass is 9.96. The molecule has 138 valence electrons. The van der Waals surface area contributed by atoms with E-state index in [1.165, 1.54) is 0 Å². The number of carbonyl (C=O) groups excluding carboxylic acids is 1. The summed E-state index contributed by atoms with van der Waals surface area (Å²) in [6.45, 7) is 2.37. The third kappa shape index (κ3) is 3.67. The minimum Gasteiger partial charge on any atom is -0.365 e. The van der Waals surface area contributed by atoms with Gasteiger partial charge in [-0.2, -0.15) is 0 Å². The predicted molar refractivity (Wildman–Crippen MR) is 103 cm³/mol. The summed E-state index contributed by atoms with van der Waals surface area (Å²) in [5.41, 5.74) is 7.15. The molecule has 0 aromatic carbocycles. The normalized spacial score (nSPS) is 17.0. The van der Waals surface area contributed by atoms with Gasteiger partial charge in [-0.25, -0.2) is 9.97 Å². The minimum atomic E-state index is -0.446. The number of hydrogen-bond donors (Lipinski definition) is 1. The Labute approximate surface area is 157 Å². The maximum atomic E-state index is 11.8. The summed E-state index contributed by atoms with van der Waals surface area (Å²) in [6, 6.07) is 7.49. The molecule has 0 aliphatic carbocycles. The van der Waals surface area contributed by atoms with Crippen molar-refractivity contribution in [2.45, 2.75) is 25.3 Å². The molecule has 7 heteroatoms. The number of amides is 1. The maximum Gasteiger partial charge on any atom is 0.252 e. The number of imidazole rings is 1. The Morgan fingerprint density at radius 2 is 2.07 bits per heavy atom. The number of nitrogens with zero attached hydrogens (tertiary/aromatic N) is 5. The number of rotatable bonds is 5. The van der Waals surface area contributed by atoms with Crippen molar-refractivity contribution in [2.24, 2.45) is 5.73 Å². The first-order valence-electron chi connectivity index (χ1n) is 9.12. The lowest BCUT2D eigenvalue weighted by molar-refractivity contribution is 0.100. The van der Waals surface area contributed by atoms with Gasteiger partial charge in [-0.05, 0) is 36.6 Å². The lowest BCUT2D eigenvalue weighted by Crippen LogP contribution is -2.37. The number of piperidine rings is 1. The van der Waals surface area contributed by atoms with Gasteiger partial charge in [-0.15, -0.1) is 0 Å². The monoisotopic (exact) mass is 362 g/mol. The molecule has 1 aliphatic heterocycles. The Balaban J connectivity index is 1.56. The van der Waals surface area contributed by atoms with Crippen LogP contribution in [-0.2, 0) is 6.54 Å². The topological polar surface area (TPSA) is 89.9 Å². The summed E-state index contributed by atoms with van der Waals surface area (Å²) in [6.07, 6.45) is 11.3. The van der Waals surface area contributed by atoms with Crippen molar-refractivity contribution >= 4 is 11.7 Å². The molecule has 1 aliphatic rings. The van der Waals surface area contributed by atoms with E-state index in [0.717, 1.165) is 43.9 Å². The van der Waals surface area contributed by atoms with Gasteiger partial charge in [0.15, 0.2) is 0 Å². The molecule has 7 nitrogen and oxygen atoms in total. The Hall–Kier alpha value is -3.22. The molecule has 3 aromatic heterocycles. The second-order valence-electron chi connectivity index (χ2n) is 6.80. The minimum absolute atomic E-state index is 0.271. The van der Waals surface area contributed by atoms with Crippen molar-refractivity contribution in [1.29, 1.82) is 0 Å². The van der Waals surface area contributed by atoms with Gasteiger partial charge in [0.25, 0.3) is 5.91 Å². The predicted octanol–water partition coefficient (Wildman–Crippen LogP) is 2.20. The molecule has 3 aromatic rings. The smallest absolute Gasteiger partial charge is 0.252 e. The Bertz CT molecular complexity index is 923. The zero-order valence-electron chi connectivity index (χ0n) is 15.0. The van der Waals surface area contributed by atoms with Gasteiger partial charge >= 0.3 is 0 Å². The first-order chi connectivity index (χ1) is 13.2. The molecule has 0 bridgehead atoms. The van der Waals surface area contributed by atoms with Crippen LogP contribution in [0.2, 0.25) is 0 Å². The Kier molecular flexibility index (Phi) is 4.82. The van der Waals surface area contributed by atoms with Crippen molar-refractivity contribution in [3.63, 3.8) is 0 Å². The standard InChI is InChI=1S/C20H22N6O/c21-18(27)17-6-2-8-23-20(17)25-10-3-5-16(14-25)19-24-9-11-26(19)13-15-4-1-7-22-12-15/h1-2,4,6-9,11-12,16H,3,5,10,13-14H2,(H2,21,27)/t16-/m0/s1. The van der Waals surface area contributed by atoms with E-state index < -0.39 is 5.91 Å². The molecule has 2 N–H and O–H groups in total. The van der Waals surface area contributed by atoms with Crippen LogP contribution in [0.15, 0.2) is 55.2 Å². The summed E-state index contributed by atoms with van der Waals surface area (Å²) in [5.74, 6) is 1.55. The third-order valence-electron chi connectivity index (χ3n) is 4.96. The van der Waals surface area contributed by atoms with Crippen molar-refractivity contribution in [3.8, 4) is 0 Å². The highest BCUT2D eigenvalue weighted by Gasteiger charge is 2.27. The third-order valence-corrected chi connectivity index (χ3v) is 4.96. The largest absolute Gasteiger partial charge is 0.365 e. The number of aromatic nitrogens is 4. The van der Waals surface area contributed by atoms with Crippen LogP contribution in [0.3, 0.4) is 0 Å². The number of pyridine rings is 2. The summed E-state index contributed by atoms with van der Waals surface area (Å²) in [7, 11) is 0. The molecule has 27 heavy (non-hydrogen) atoms. The van der Waals surface area contributed by atoms with E-state index >= 15 is 0 Å². The quantitative estimate of drug-likeness (QED) is 0.751. The zero-order valence-corrected chi connectivity index (χ0v) is 15.0. The van der Waals surface area contributed by atoms with E-state index in [9.17, 15) is 4.79 Å². The van der Waals surface area contributed by atoms with E-state index in [1.54, 1.807) is 24.5 Å². The molecule has 1 fully saturated rings. The molecule has 1 atom stereocenters. The van der Waals surface area contributed by atoms with Gasteiger partial charge in [0.1, 0.15) is 11.6 Å². The molecule has 4 rings (SSSR count). The number of anilines is 1. The SMILES string of the molecule is NC(=O)c1cccnc1N1CCC[C@H](c2nccn2Cc2cccnc2)C1. The summed E-state index contributed by atoms with van der Waals surface area (Å²) >= 11 is 0. The van der Waals surface area contributed by atoms with Crippen molar-refractivity contribution in [2.75, 3.05) is 18.0 Å². The Morgan fingerprint density at radius 3 is 2.89 bits per heavy atom. The van der Waals surface area contributed by atoms with E-state index in [0.29, 0.717) is 11.4 Å². The fourth-order valence-corrected chi connectivity index (χ4v) is 3.72. The number of primary amides is 1. The zero-order chi connectivity index (χ0) is 18.6. The highest BCUT2D eigenvalue weighted by Crippen LogP contribution is 2.30. The van der Waals surface area contributed by atoms with Gasteiger partial charge < -0.3 is 15.2 Å². The molecule has 1 amide bonds. The number of carbonyl (C=O) groups is 1. The molecule has 0 unspecified atom stereocenters. The van der Waals surface area contributed by atoms with Crippen molar-refractivity contribution in [1.82, 2.24) is 19.5 Å². The van der Waals surface area contributed by atoms with Crippen LogP contribution >= 0.6 is 0 Å². The van der Waals surface area contributed by atoms with E-state index in [-0.39, 0.29) is 5.92 Å². The van der Waals surface area contributed by atoms with Crippen LogP contribution in [0.25, 0.3) is 0 Å². The van der Waals surface area contributed by atoms with Crippen LogP contribution < -0.4 is 10.6 Å². The van der Waals surface area contributed by atoms with Gasteiger partial charge in [-0.1, -0.05) is 6.07 Å². The summed E-state index contributed by atoms with van der Waals surface area (Å²) in [5, 5.41) is 0. The van der Waals surface area contributed by atoms with Gasteiger partial charge in [0, 0.05) is 50.0 Å². The fourth-order valence-electron chi connectivity index (χ4n) is 3.72. The van der Waals surface area contributed by atoms with Crippen LogP contribution in [-0.4, -0.2) is 38.5 Å². The number of hydrogen-bond acceptors (Lipinski definition) is 5. The lowest BCUT2D eigenvalue weighted by Gasteiger charge is -2.34. The van der Waals surface area contributed by atoms with Gasteiger partial charge in [0.05, 0.1) is 12.1 Å². The molecule has 1 saturated heterocycles. The van der Waals surface area contributed by atoms with E-state index in [2.05, 4.69) is 30.5 Å². The first-order valence-corrected chi connectivity index (χ1v) is 9.12. The van der Waals surface area contributed by atoms with Crippen LogP contribution in [0.1, 0.15) is 40.5 Å². The van der Waals surface area contributed by atoms with Crippen molar-refractivity contribution < 1.29 is 4.79 Å². The fraction of sp³-hybridized carbons (Fsp3) is 0.300. The van der Waals surface area contributed by atoms with Crippen LogP contribution in [0, 0.1) is 0 Å². The molecular weight excluding hydrogens is 340 g/mol. The Morgan fingerprint density at radius 1 is 1.19 bits per heavy atom. The van der Waals surface area contributed by atoms with Crippen LogP contribution in [0.5, 0.6) is 0 Å². The molecular formula is C20H22N6O. The molecule has 0 spiro atoms. The second-order valence-corrected chi connectivity index (χ2v) is 6.80. The average Bonchev–Trinajstić information content (AvgIpc) is 3.17. The molecule has 4 heterocycles. The van der Waals surface area contributed by atoms with E-state index in [1.807, 2.05) is 24.7 Å². The number of nitrogens with two attached hydrogens (primary N) is 1. The second kappa shape index (κ2) is 7.57. The van der Waals surface area contributed by atoms with Gasteiger partial charge in [-0.3, -0.25) is 9.78 Å². The average molecular weight is 362 g/mol. The van der Waals surface area contributed by atoms with E-state index in [4.69, 9.17) is 5.73 Å². The highest BCUT2D eigenvalue weighted by atomic mass is 16.1. The highest BCUT2D eigenvalue weighted by molar-refractivity contribution is 5.97. The first kappa shape index (κ1) is 17.2. The maximum absolute atomic E-state index is 11.8. The van der Waals surface area contributed by atoms with Crippen LogP contribution in [0.4, 0.5) is 5.82 Å². The molecule has 0 saturated carbocycles. The van der Waals surface area contributed by atoms with Gasteiger partial charge in [0.2, 0.25) is 0 Å².